The third-order valence-corrected chi connectivity index (χ3v) is 3.69. The van der Waals surface area contributed by atoms with Gasteiger partial charge in [-0.15, -0.1) is 0 Å². The van der Waals surface area contributed by atoms with Gasteiger partial charge in [0.15, 0.2) is 5.65 Å². The summed E-state index contributed by atoms with van der Waals surface area (Å²) in [5.41, 5.74) is 1.42. The minimum absolute atomic E-state index is 0.235. The van der Waals surface area contributed by atoms with Crippen LogP contribution in [-0.2, 0) is 10.2 Å². The Morgan fingerprint density at radius 3 is 2.89 bits per heavy atom. The van der Waals surface area contributed by atoms with Gasteiger partial charge < -0.3 is 4.79 Å². The van der Waals surface area contributed by atoms with Gasteiger partial charge in [-0.3, -0.25) is 0 Å². The molecule has 1 aliphatic rings. The molecule has 0 saturated heterocycles. The summed E-state index contributed by atoms with van der Waals surface area (Å²) < 4.78 is 26.9. The van der Waals surface area contributed by atoms with E-state index in [-0.39, 0.29) is 17.0 Å². The number of hydrogen-bond donors (Lipinski definition) is 0. The van der Waals surface area contributed by atoms with Crippen molar-refractivity contribution in [3.63, 3.8) is 0 Å². The zero-order chi connectivity index (χ0) is 13.8. The van der Waals surface area contributed by atoms with Crippen molar-refractivity contribution in [2.75, 3.05) is 0 Å². The second-order valence-corrected chi connectivity index (χ2v) is 5.53. The molecular formula is C13H13F2N3O. The maximum absolute atomic E-state index is 12.7. The maximum Gasteiger partial charge on any atom is 0.282 e. The number of nitrogens with zero attached hydrogens (tertiary/aromatic N) is 3. The molecular weight excluding hydrogens is 252 g/mol. The molecule has 0 bridgehead atoms. The highest BCUT2D eigenvalue weighted by Crippen LogP contribution is 2.44. The normalized spacial score (nSPS) is 21.0. The number of halogens is 2. The Bertz CT molecular complexity index is 663. The molecule has 4 nitrogen and oxygen atoms in total. The number of carbonyl (C=O) groups excluding carboxylic acids is 1. The van der Waals surface area contributed by atoms with Gasteiger partial charge in [-0.1, -0.05) is 13.8 Å². The van der Waals surface area contributed by atoms with Crippen LogP contribution in [0.5, 0.6) is 0 Å². The lowest BCUT2D eigenvalue weighted by molar-refractivity contribution is -0.109. The van der Waals surface area contributed by atoms with E-state index < -0.39 is 6.43 Å². The zero-order valence-corrected chi connectivity index (χ0v) is 10.6. The molecule has 0 fully saturated rings. The Labute approximate surface area is 108 Å². The first-order valence-corrected chi connectivity index (χ1v) is 6.06. The van der Waals surface area contributed by atoms with Crippen LogP contribution in [0.1, 0.15) is 49.6 Å². The average Bonchev–Trinajstić information content (AvgIpc) is 2.87. The molecule has 19 heavy (non-hydrogen) atoms. The lowest BCUT2D eigenvalue weighted by Crippen LogP contribution is -2.17. The van der Waals surface area contributed by atoms with Crippen LogP contribution in [0.3, 0.4) is 0 Å². The highest BCUT2D eigenvalue weighted by atomic mass is 19.3. The largest absolute Gasteiger partial charge is 0.303 e. The van der Waals surface area contributed by atoms with E-state index in [4.69, 9.17) is 0 Å². The molecule has 6 heteroatoms. The number of aromatic nitrogens is 3. The smallest absolute Gasteiger partial charge is 0.282 e. The second kappa shape index (κ2) is 3.82. The summed E-state index contributed by atoms with van der Waals surface area (Å²) in [5, 5.41) is 3.94. The zero-order valence-electron chi connectivity index (χ0n) is 10.6. The van der Waals surface area contributed by atoms with Gasteiger partial charge in [0.1, 0.15) is 12.0 Å². The summed E-state index contributed by atoms with van der Waals surface area (Å²) in [6.07, 6.45) is 0.522. The molecule has 0 aromatic carbocycles. The van der Waals surface area contributed by atoms with Gasteiger partial charge in [-0.2, -0.15) is 5.10 Å². The van der Waals surface area contributed by atoms with E-state index in [2.05, 4.69) is 10.1 Å². The predicted octanol–water partition coefficient (Wildman–Crippen LogP) is 2.63. The summed E-state index contributed by atoms with van der Waals surface area (Å²) in [7, 11) is 0. The van der Waals surface area contributed by atoms with Crippen LogP contribution in [0.15, 0.2) is 12.3 Å². The summed E-state index contributed by atoms with van der Waals surface area (Å²) in [6.45, 7) is 3.97. The molecule has 100 valence electrons. The Hall–Kier alpha value is -1.85. The summed E-state index contributed by atoms with van der Waals surface area (Å²) >= 11 is 0. The van der Waals surface area contributed by atoms with E-state index in [1.165, 1.54) is 10.6 Å². The lowest BCUT2D eigenvalue weighted by atomic mass is 9.89. The Balaban J connectivity index is 2.31. The molecule has 1 unspecified atom stereocenters. The molecule has 2 aromatic rings. The van der Waals surface area contributed by atoms with Crippen molar-refractivity contribution in [3.8, 4) is 0 Å². The van der Waals surface area contributed by atoms with Gasteiger partial charge in [0, 0.05) is 29.2 Å². The monoisotopic (exact) mass is 265 g/mol. The van der Waals surface area contributed by atoms with Crippen LogP contribution in [-0.4, -0.2) is 20.9 Å². The molecule has 0 amide bonds. The van der Waals surface area contributed by atoms with E-state index in [0.717, 1.165) is 17.5 Å². The standard InChI is InChI=1S/C13H13F2N3O/c1-13(2)4-7(6-19)8-5-16-10-3-9(12(14)15)17-18(10)11(8)13/h3,5-7,12H,4H2,1-2H3. The Morgan fingerprint density at radius 2 is 2.26 bits per heavy atom. The van der Waals surface area contributed by atoms with E-state index in [0.29, 0.717) is 12.1 Å². The molecule has 1 atom stereocenters. The van der Waals surface area contributed by atoms with Crippen LogP contribution in [0.25, 0.3) is 5.65 Å². The van der Waals surface area contributed by atoms with Crippen LogP contribution in [0.4, 0.5) is 8.78 Å². The molecule has 0 spiro atoms. The van der Waals surface area contributed by atoms with Gasteiger partial charge in [-0.25, -0.2) is 18.3 Å². The molecule has 0 saturated carbocycles. The van der Waals surface area contributed by atoms with Gasteiger partial charge in [-0.05, 0) is 6.42 Å². The highest BCUT2D eigenvalue weighted by molar-refractivity contribution is 5.66. The van der Waals surface area contributed by atoms with Crippen molar-refractivity contribution in [2.45, 2.75) is 38.0 Å². The summed E-state index contributed by atoms with van der Waals surface area (Å²) in [4.78, 5) is 15.3. The van der Waals surface area contributed by atoms with E-state index in [1.807, 2.05) is 13.8 Å². The first kappa shape index (κ1) is 12.2. The number of hydrogen-bond acceptors (Lipinski definition) is 3. The van der Waals surface area contributed by atoms with Crippen LogP contribution < -0.4 is 0 Å². The highest BCUT2D eigenvalue weighted by Gasteiger charge is 2.40. The van der Waals surface area contributed by atoms with E-state index in [1.54, 1.807) is 6.20 Å². The quantitative estimate of drug-likeness (QED) is 0.784. The van der Waals surface area contributed by atoms with Gasteiger partial charge in [0.2, 0.25) is 0 Å². The van der Waals surface area contributed by atoms with Gasteiger partial charge >= 0.3 is 0 Å². The average molecular weight is 265 g/mol. The summed E-state index contributed by atoms with van der Waals surface area (Å²) in [6, 6.07) is 1.29. The third-order valence-electron chi connectivity index (χ3n) is 3.69. The molecule has 2 aromatic heterocycles. The topological polar surface area (TPSA) is 47.3 Å². The van der Waals surface area contributed by atoms with E-state index >= 15 is 0 Å². The molecule has 0 aliphatic heterocycles. The first-order chi connectivity index (χ1) is 8.94. The van der Waals surface area contributed by atoms with Crippen molar-refractivity contribution >= 4 is 11.9 Å². The third kappa shape index (κ3) is 1.66. The van der Waals surface area contributed by atoms with E-state index in [9.17, 15) is 13.6 Å². The Kier molecular flexibility index (Phi) is 2.45. The molecule has 3 rings (SSSR count). The number of rotatable bonds is 2. The fourth-order valence-electron chi connectivity index (χ4n) is 2.90. The van der Waals surface area contributed by atoms with Crippen LogP contribution in [0.2, 0.25) is 0 Å². The minimum atomic E-state index is -2.62. The predicted molar refractivity (Wildman–Crippen MR) is 64.4 cm³/mol. The Morgan fingerprint density at radius 1 is 1.53 bits per heavy atom. The van der Waals surface area contributed by atoms with Crippen molar-refractivity contribution < 1.29 is 13.6 Å². The van der Waals surface area contributed by atoms with Crippen LogP contribution in [0, 0.1) is 0 Å². The van der Waals surface area contributed by atoms with Gasteiger partial charge in [0.25, 0.3) is 6.43 Å². The maximum atomic E-state index is 12.7. The number of aldehydes is 1. The molecule has 0 N–H and O–H groups in total. The van der Waals surface area contributed by atoms with Crippen LogP contribution >= 0.6 is 0 Å². The van der Waals surface area contributed by atoms with Crippen molar-refractivity contribution in [1.82, 2.24) is 14.6 Å². The summed E-state index contributed by atoms with van der Waals surface area (Å²) in [5.74, 6) is -0.235. The minimum Gasteiger partial charge on any atom is -0.303 e. The number of alkyl halides is 2. The van der Waals surface area contributed by atoms with Crippen molar-refractivity contribution in [3.05, 3.63) is 29.2 Å². The van der Waals surface area contributed by atoms with Crippen molar-refractivity contribution in [2.24, 2.45) is 0 Å². The fraction of sp³-hybridized carbons (Fsp3) is 0.462. The number of fused-ring (bicyclic) bond motifs is 3. The first-order valence-electron chi connectivity index (χ1n) is 6.06. The number of carbonyl (C=O) groups is 1. The lowest BCUT2D eigenvalue weighted by Gasteiger charge is -2.19. The SMILES string of the molecule is CC1(C)CC(C=O)c2cnc3cc(C(F)F)nn3c21. The molecule has 1 aliphatic carbocycles. The second-order valence-electron chi connectivity index (χ2n) is 5.53. The molecule has 2 heterocycles. The van der Waals surface area contributed by atoms with Crippen molar-refractivity contribution in [1.29, 1.82) is 0 Å². The molecule has 0 radical (unpaired) electrons. The van der Waals surface area contributed by atoms with Gasteiger partial charge in [0.05, 0.1) is 5.69 Å². The fourth-order valence-corrected chi connectivity index (χ4v) is 2.90.